The van der Waals surface area contributed by atoms with Crippen molar-refractivity contribution in [2.75, 3.05) is 6.61 Å². The minimum absolute atomic E-state index is 0.0305. The molecule has 2 N–H and O–H groups in total. The van der Waals surface area contributed by atoms with E-state index >= 15 is 0 Å². The van der Waals surface area contributed by atoms with E-state index in [-0.39, 0.29) is 11.5 Å². The highest BCUT2D eigenvalue weighted by atomic mass is 35.5. The Kier molecular flexibility index (Phi) is 4.65. The van der Waals surface area contributed by atoms with Gasteiger partial charge in [0.2, 0.25) is 0 Å². The summed E-state index contributed by atoms with van der Waals surface area (Å²) in [5.41, 5.74) is 1.86. The maximum atomic E-state index is 13.3. The van der Waals surface area contributed by atoms with Gasteiger partial charge in [0.05, 0.1) is 28.9 Å². The normalized spacial score (nSPS) is 15.8. The number of halogens is 1. The molecule has 32 heavy (non-hydrogen) atoms. The minimum Gasteiger partial charge on any atom is -0.508 e. The van der Waals surface area contributed by atoms with Gasteiger partial charge >= 0.3 is 5.69 Å². The van der Waals surface area contributed by atoms with Gasteiger partial charge in [0.25, 0.3) is 5.56 Å². The van der Waals surface area contributed by atoms with Crippen LogP contribution < -0.4 is 11.2 Å². The fourth-order valence-electron chi connectivity index (χ4n) is 4.48. The molecule has 0 saturated heterocycles. The van der Waals surface area contributed by atoms with Crippen molar-refractivity contribution in [2.45, 2.75) is 12.6 Å². The largest absolute Gasteiger partial charge is 0.508 e. The van der Waals surface area contributed by atoms with Crippen molar-refractivity contribution in [3.63, 3.8) is 0 Å². The van der Waals surface area contributed by atoms with Gasteiger partial charge in [0.15, 0.2) is 0 Å². The second-order valence-corrected chi connectivity index (χ2v) is 8.25. The molecule has 0 radical (unpaired) electrons. The van der Waals surface area contributed by atoms with Crippen LogP contribution in [-0.4, -0.2) is 30.5 Å². The molecule has 0 bridgehead atoms. The first-order valence-electron chi connectivity index (χ1n) is 10.0. The first-order chi connectivity index (χ1) is 15.3. The molecule has 9 heteroatoms. The Morgan fingerprint density at radius 3 is 2.47 bits per heavy atom. The predicted octanol–water partition coefficient (Wildman–Crippen LogP) is 2.89. The number of phenolic OH excluding ortho intramolecular Hbond substituents is 2. The Hall–Kier alpha value is -3.49. The molecular formula is C23H20ClN3O5. The van der Waals surface area contributed by atoms with E-state index in [9.17, 15) is 19.8 Å². The number of aryl methyl sites for hydroxylation is 1. The summed E-state index contributed by atoms with van der Waals surface area (Å²) in [6, 6.07) is 11.3. The summed E-state index contributed by atoms with van der Waals surface area (Å²) >= 11 is 6.08. The van der Waals surface area contributed by atoms with E-state index in [1.807, 2.05) is 16.7 Å². The van der Waals surface area contributed by atoms with Crippen molar-refractivity contribution in [1.82, 2.24) is 13.7 Å². The maximum Gasteiger partial charge on any atom is 0.331 e. The molecule has 0 spiro atoms. The zero-order chi connectivity index (χ0) is 22.7. The van der Waals surface area contributed by atoms with Gasteiger partial charge in [0, 0.05) is 31.2 Å². The average molecular weight is 454 g/mol. The molecule has 2 aromatic heterocycles. The summed E-state index contributed by atoms with van der Waals surface area (Å²) in [6.45, 7) is 0.748. The van der Waals surface area contributed by atoms with Crippen molar-refractivity contribution >= 4 is 22.5 Å². The van der Waals surface area contributed by atoms with Crippen LogP contribution in [-0.2, 0) is 25.4 Å². The quantitative estimate of drug-likeness (QED) is 0.455. The molecule has 0 aliphatic carbocycles. The molecule has 164 valence electrons. The summed E-state index contributed by atoms with van der Waals surface area (Å²) < 4.78 is 10.5. The maximum absolute atomic E-state index is 13.3. The van der Waals surface area contributed by atoms with Crippen LogP contribution in [0.2, 0.25) is 5.02 Å². The molecule has 1 aliphatic heterocycles. The fourth-order valence-corrected chi connectivity index (χ4v) is 4.60. The fraction of sp³-hybridized carbons (Fsp3) is 0.217. The van der Waals surface area contributed by atoms with E-state index in [1.165, 1.54) is 29.8 Å². The van der Waals surface area contributed by atoms with Gasteiger partial charge in [-0.3, -0.25) is 13.9 Å². The van der Waals surface area contributed by atoms with Crippen LogP contribution in [0, 0.1) is 0 Å². The van der Waals surface area contributed by atoms with Crippen molar-refractivity contribution in [3.05, 3.63) is 79.6 Å². The Labute approximate surface area is 187 Å². The molecule has 1 aliphatic rings. The number of nitrogens with zero attached hydrogens (tertiary/aromatic N) is 3. The summed E-state index contributed by atoms with van der Waals surface area (Å²) in [5.74, 6) is -0.0883. The topological polar surface area (TPSA) is 98.6 Å². The van der Waals surface area contributed by atoms with Gasteiger partial charge in [-0.1, -0.05) is 23.7 Å². The molecule has 0 saturated carbocycles. The molecule has 0 fully saturated rings. The van der Waals surface area contributed by atoms with Gasteiger partial charge in [-0.15, -0.1) is 0 Å². The molecule has 1 atom stereocenters. The lowest BCUT2D eigenvalue weighted by Gasteiger charge is -2.28. The van der Waals surface area contributed by atoms with E-state index in [4.69, 9.17) is 16.3 Å². The van der Waals surface area contributed by atoms with Crippen molar-refractivity contribution in [3.8, 4) is 22.8 Å². The van der Waals surface area contributed by atoms with Crippen LogP contribution in [0.4, 0.5) is 0 Å². The third kappa shape index (κ3) is 2.87. The summed E-state index contributed by atoms with van der Waals surface area (Å²) in [4.78, 5) is 26.1. The van der Waals surface area contributed by atoms with E-state index < -0.39 is 17.4 Å². The first-order valence-corrected chi connectivity index (χ1v) is 10.4. The molecule has 0 amide bonds. The van der Waals surface area contributed by atoms with Gasteiger partial charge in [-0.2, -0.15) is 0 Å². The molecule has 3 heterocycles. The molecule has 4 aromatic rings. The third-order valence-corrected chi connectivity index (χ3v) is 6.22. The molecule has 0 unspecified atom stereocenters. The number of aromatic nitrogens is 3. The number of fused-ring (bicyclic) bond motifs is 3. The van der Waals surface area contributed by atoms with Gasteiger partial charge in [0.1, 0.15) is 17.6 Å². The summed E-state index contributed by atoms with van der Waals surface area (Å²) in [6.07, 6.45) is -0.794. The van der Waals surface area contributed by atoms with E-state index in [2.05, 4.69) is 0 Å². The monoisotopic (exact) mass is 453 g/mol. The van der Waals surface area contributed by atoms with E-state index in [0.717, 1.165) is 10.1 Å². The molecule has 5 rings (SSSR count). The highest BCUT2D eigenvalue weighted by Crippen LogP contribution is 2.43. The Morgan fingerprint density at radius 2 is 1.75 bits per heavy atom. The van der Waals surface area contributed by atoms with Crippen LogP contribution in [0.25, 0.3) is 22.2 Å². The third-order valence-electron chi connectivity index (χ3n) is 5.96. The lowest BCUT2D eigenvalue weighted by Crippen LogP contribution is -2.37. The Bertz CT molecular complexity index is 1500. The second kappa shape index (κ2) is 7.29. The standard InChI is InChI=1S/C23H20ClN3O5/c1-25-19-17(22(30)26(2)23(25)31)18(12-3-5-13(24)6-4-12)27-9-10-32-21(20(19)27)15-11-14(28)7-8-16(15)29/h3-8,11,21,28-29H,9-10H2,1-2H3/t21-/m0/s1. The average Bonchev–Trinajstić information content (AvgIpc) is 3.14. The molecule has 8 nitrogen and oxygen atoms in total. The lowest BCUT2D eigenvalue weighted by molar-refractivity contribution is 0.0463. The number of phenols is 2. The lowest BCUT2D eigenvalue weighted by atomic mass is 10.0. The zero-order valence-electron chi connectivity index (χ0n) is 17.4. The van der Waals surface area contributed by atoms with E-state index in [1.54, 1.807) is 19.2 Å². The number of rotatable bonds is 2. The number of benzene rings is 2. The number of hydrogen-bond acceptors (Lipinski definition) is 5. The molecular weight excluding hydrogens is 434 g/mol. The van der Waals surface area contributed by atoms with Crippen molar-refractivity contribution in [1.29, 1.82) is 0 Å². The smallest absolute Gasteiger partial charge is 0.331 e. The number of aromatic hydroxyl groups is 2. The first kappa shape index (κ1) is 20.4. The van der Waals surface area contributed by atoms with Crippen LogP contribution in [0.3, 0.4) is 0 Å². The highest BCUT2D eigenvalue weighted by Gasteiger charge is 2.34. The van der Waals surface area contributed by atoms with Crippen molar-refractivity contribution in [2.24, 2.45) is 14.1 Å². The molecule has 2 aromatic carbocycles. The van der Waals surface area contributed by atoms with Crippen LogP contribution in [0.15, 0.2) is 52.1 Å². The summed E-state index contributed by atoms with van der Waals surface area (Å²) in [7, 11) is 3.05. The van der Waals surface area contributed by atoms with Gasteiger partial charge in [-0.25, -0.2) is 4.79 Å². The Balaban J connectivity index is 1.95. The zero-order valence-corrected chi connectivity index (χ0v) is 18.1. The summed E-state index contributed by atoms with van der Waals surface area (Å²) in [5, 5.41) is 21.5. The number of ether oxygens (including phenoxy) is 1. The van der Waals surface area contributed by atoms with Crippen LogP contribution >= 0.6 is 11.6 Å². The SMILES string of the molecule is Cn1c(=O)c2c(-c3ccc(Cl)cc3)n3c(c2n(C)c1=O)[C@H](c1cc(O)ccc1O)OCC3. The van der Waals surface area contributed by atoms with Gasteiger partial charge in [-0.05, 0) is 35.9 Å². The number of hydrogen-bond donors (Lipinski definition) is 2. The Morgan fingerprint density at radius 1 is 1.03 bits per heavy atom. The van der Waals surface area contributed by atoms with E-state index in [0.29, 0.717) is 46.0 Å². The minimum atomic E-state index is -0.794. The second-order valence-electron chi connectivity index (χ2n) is 7.82. The van der Waals surface area contributed by atoms with Crippen LogP contribution in [0.1, 0.15) is 17.4 Å². The van der Waals surface area contributed by atoms with Gasteiger partial charge < -0.3 is 19.5 Å². The highest BCUT2D eigenvalue weighted by molar-refractivity contribution is 6.30. The van der Waals surface area contributed by atoms with Crippen LogP contribution in [0.5, 0.6) is 11.5 Å². The van der Waals surface area contributed by atoms with Crippen molar-refractivity contribution < 1.29 is 14.9 Å². The predicted molar refractivity (Wildman–Crippen MR) is 120 cm³/mol.